The number of anilines is 1. The van der Waals surface area contributed by atoms with Crippen molar-refractivity contribution < 1.29 is 19.4 Å². The first kappa shape index (κ1) is 25.7. The molecule has 1 aromatic heterocycles. The minimum Gasteiger partial charge on any atom is -0.444 e. The van der Waals surface area contributed by atoms with Crippen LogP contribution in [0.5, 0.6) is 0 Å². The van der Waals surface area contributed by atoms with Crippen LogP contribution in [0.2, 0.25) is 5.02 Å². The van der Waals surface area contributed by atoms with E-state index in [1.54, 1.807) is 40.3 Å². The number of benzene rings is 1. The number of nitrogens with zero attached hydrogens (tertiary/aromatic N) is 5. The Balaban J connectivity index is 1.47. The lowest BCUT2D eigenvalue weighted by molar-refractivity contribution is 0.0240. The highest BCUT2D eigenvalue weighted by molar-refractivity contribution is 6.34. The Morgan fingerprint density at radius 2 is 1.83 bits per heavy atom. The predicted molar refractivity (Wildman–Crippen MR) is 136 cm³/mol. The molecule has 10 heteroatoms. The molecule has 0 unspecified atom stereocenters. The Labute approximate surface area is 215 Å². The van der Waals surface area contributed by atoms with Crippen molar-refractivity contribution in [2.45, 2.75) is 38.9 Å². The number of pyridine rings is 1. The summed E-state index contributed by atoms with van der Waals surface area (Å²) in [5.74, 6) is 0.357. The molecule has 0 aliphatic carbocycles. The summed E-state index contributed by atoms with van der Waals surface area (Å²) < 4.78 is 5.45. The fourth-order valence-electron chi connectivity index (χ4n) is 4.34. The smallest absolute Gasteiger partial charge is 0.410 e. The molecule has 2 fully saturated rings. The second-order valence-electron chi connectivity index (χ2n) is 10.0. The van der Waals surface area contributed by atoms with E-state index in [0.717, 1.165) is 5.56 Å². The number of ether oxygens (including phenoxy) is 1. The zero-order chi connectivity index (χ0) is 26.0. The van der Waals surface area contributed by atoms with Gasteiger partial charge in [0.05, 0.1) is 22.3 Å². The van der Waals surface area contributed by atoms with Crippen molar-refractivity contribution in [3.63, 3.8) is 0 Å². The van der Waals surface area contributed by atoms with E-state index < -0.39 is 11.7 Å². The number of likely N-dealkylation sites (tertiary alicyclic amines) is 1. The molecular weight excluding hydrogens is 482 g/mol. The highest BCUT2D eigenvalue weighted by atomic mass is 35.5. The molecule has 9 nitrogen and oxygen atoms in total. The third kappa shape index (κ3) is 5.72. The molecule has 1 aromatic carbocycles. The monoisotopic (exact) mass is 511 g/mol. The normalized spacial score (nSPS) is 18.2. The summed E-state index contributed by atoms with van der Waals surface area (Å²) in [5.41, 5.74) is 1.69. The van der Waals surface area contributed by atoms with Crippen LogP contribution in [-0.4, -0.2) is 82.9 Å². The summed E-state index contributed by atoms with van der Waals surface area (Å²) >= 11 is 6.45. The van der Waals surface area contributed by atoms with Gasteiger partial charge < -0.3 is 24.5 Å². The number of halogens is 1. The molecule has 2 aromatic rings. The number of rotatable bonds is 3. The van der Waals surface area contributed by atoms with E-state index in [1.807, 2.05) is 25.7 Å². The van der Waals surface area contributed by atoms with Crippen LogP contribution in [0.3, 0.4) is 0 Å². The van der Waals surface area contributed by atoms with Gasteiger partial charge in [-0.2, -0.15) is 5.26 Å². The van der Waals surface area contributed by atoms with Crippen molar-refractivity contribution in [3.05, 3.63) is 46.6 Å². The van der Waals surface area contributed by atoms with Crippen LogP contribution >= 0.6 is 11.6 Å². The molecule has 2 aliphatic rings. The van der Waals surface area contributed by atoms with Crippen molar-refractivity contribution in [1.82, 2.24) is 14.8 Å². The summed E-state index contributed by atoms with van der Waals surface area (Å²) in [4.78, 5) is 34.9. The third-order valence-corrected chi connectivity index (χ3v) is 6.51. The number of carbonyl (C=O) groups excluding carboxylic acids is 2. The van der Waals surface area contributed by atoms with E-state index in [2.05, 4.69) is 11.1 Å². The largest absolute Gasteiger partial charge is 0.444 e. The fraction of sp³-hybridized carbons (Fsp3) is 0.462. The van der Waals surface area contributed by atoms with E-state index in [9.17, 15) is 20.0 Å². The number of β-amino-alcohol motifs (C(OH)–C–C–N with tert-alkyl or cyclic N) is 1. The molecule has 2 saturated heterocycles. The van der Waals surface area contributed by atoms with Crippen molar-refractivity contribution in [1.29, 1.82) is 5.26 Å². The Morgan fingerprint density at radius 1 is 1.11 bits per heavy atom. The first-order chi connectivity index (χ1) is 17.1. The molecule has 4 rings (SSSR count). The van der Waals surface area contributed by atoms with Crippen molar-refractivity contribution in [3.8, 4) is 17.2 Å². The molecule has 36 heavy (non-hydrogen) atoms. The van der Waals surface area contributed by atoms with Gasteiger partial charge in [0, 0.05) is 51.0 Å². The Morgan fingerprint density at radius 3 is 2.42 bits per heavy atom. The Hall–Kier alpha value is -3.35. The van der Waals surface area contributed by atoms with Gasteiger partial charge >= 0.3 is 6.09 Å². The van der Waals surface area contributed by atoms with Crippen molar-refractivity contribution in [2.75, 3.05) is 44.2 Å². The molecule has 1 N–H and O–H groups in total. The lowest BCUT2D eigenvalue weighted by Crippen LogP contribution is -2.50. The van der Waals surface area contributed by atoms with Gasteiger partial charge in [0.25, 0.3) is 5.91 Å². The van der Waals surface area contributed by atoms with Crippen LogP contribution in [0.15, 0.2) is 30.5 Å². The number of carbonyl (C=O) groups is 2. The summed E-state index contributed by atoms with van der Waals surface area (Å²) in [6, 6.07) is 9.12. The maximum Gasteiger partial charge on any atom is 0.410 e. The summed E-state index contributed by atoms with van der Waals surface area (Å²) in [5, 5.41) is 19.8. The summed E-state index contributed by atoms with van der Waals surface area (Å²) in [6.45, 7) is 8.34. The van der Waals surface area contributed by atoms with Crippen LogP contribution < -0.4 is 4.90 Å². The van der Waals surface area contributed by atoms with Gasteiger partial charge in [0.15, 0.2) is 0 Å². The average Bonchev–Trinajstić information content (AvgIpc) is 3.28. The number of piperazine rings is 1. The minimum atomic E-state index is -0.551. The molecule has 1 atom stereocenters. The van der Waals surface area contributed by atoms with E-state index >= 15 is 0 Å². The number of amides is 2. The molecule has 2 amide bonds. The van der Waals surface area contributed by atoms with Crippen molar-refractivity contribution >= 4 is 29.4 Å². The van der Waals surface area contributed by atoms with Crippen LogP contribution in [0.1, 0.15) is 43.1 Å². The zero-order valence-corrected chi connectivity index (χ0v) is 21.5. The number of aromatic nitrogens is 1. The molecule has 190 valence electrons. The van der Waals surface area contributed by atoms with E-state index in [-0.39, 0.29) is 12.0 Å². The number of aliphatic hydroxyl groups is 1. The molecule has 0 spiro atoms. The second kappa shape index (κ2) is 10.3. The van der Waals surface area contributed by atoms with Gasteiger partial charge in [0.2, 0.25) is 0 Å². The van der Waals surface area contributed by atoms with Crippen LogP contribution in [0.4, 0.5) is 10.6 Å². The van der Waals surface area contributed by atoms with Crippen LogP contribution in [0, 0.1) is 11.3 Å². The molecular formula is C26H30ClN5O4. The maximum absolute atomic E-state index is 12.8. The number of hydrogen-bond donors (Lipinski definition) is 1. The van der Waals surface area contributed by atoms with E-state index in [1.165, 1.54) is 0 Å². The SMILES string of the molecule is CC(C)(C)OC(=O)N1CCN(c2ncc(-c3ccc(C(=O)N4CC[C@H](O)C4)c(Cl)c3)cc2C#N)CC1. The quantitative estimate of drug-likeness (QED) is 0.671. The minimum absolute atomic E-state index is 0.209. The second-order valence-corrected chi connectivity index (χ2v) is 10.5. The number of aliphatic hydroxyl groups excluding tert-OH is 1. The zero-order valence-electron chi connectivity index (χ0n) is 20.7. The van der Waals surface area contributed by atoms with Crippen molar-refractivity contribution in [2.24, 2.45) is 0 Å². The lowest BCUT2D eigenvalue weighted by Gasteiger charge is -2.36. The topological polar surface area (TPSA) is 110 Å². The first-order valence-corrected chi connectivity index (χ1v) is 12.3. The number of nitriles is 1. The Kier molecular flexibility index (Phi) is 7.38. The summed E-state index contributed by atoms with van der Waals surface area (Å²) in [6.07, 6.45) is 1.40. The Bertz CT molecular complexity index is 1200. The molecule has 0 bridgehead atoms. The summed E-state index contributed by atoms with van der Waals surface area (Å²) in [7, 11) is 0. The molecule has 3 heterocycles. The molecule has 2 aliphatic heterocycles. The molecule has 0 radical (unpaired) electrons. The standard InChI is InChI=1S/C26H30ClN5O4/c1-26(2,3)36-25(35)31-10-8-30(9-11-31)23-18(14-28)12-19(15-29-23)17-4-5-21(22(27)13-17)24(34)32-7-6-20(33)16-32/h4-5,12-13,15,20,33H,6-11,16H2,1-3H3/t20-/m0/s1. The third-order valence-electron chi connectivity index (χ3n) is 6.20. The number of hydrogen-bond acceptors (Lipinski definition) is 7. The van der Waals surface area contributed by atoms with Gasteiger partial charge in [-0.25, -0.2) is 9.78 Å². The van der Waals surface area contributed by atoms with Gasteiger partial charge in [-0.05, 0) is 51.0 Å². The van der Waals surface area contributed by atoms with Gasteiger partial charge in [-0.1, -0.05) is 17.7 Å². The first-order valence-electron chi connectivity index (χ1n) is 12.0. The predicted octanol–water partition coefficient (Wildman–Crippen LogP) is 3.54. The average molecular weight is 512 g/mol. The van der Waals surface area contributed by atoms with Crippen LogP contribution in [-0.2, 0) is 4.74 Å². The highest BCUT2D eigenvalue weighted by Crippen LogP contribution is 2.30. The van der Waals surface area contributed by atoms with Gasteiger partial charge in [-0.3, -0.25) is 4.79 Å². The van der Waals surface area contributed by atoms with Gasteiger partial charge in [0.1, 0.15) is 17.5 Å². The van der Waals surface area contributed by atoms with Gasteiger partial charge in [-0.15, -0.1) is 0 Å². The maximum atomic E-state index is 12.8. The lowest BCUT2D eigenvalue weighted by atomic mass is 10.0. The molecule has 0 saturated carbocycles. The van der Waals surface area contributed by atoms with E-state index in [0.29, 0.717) is 73.2 Å². The van der Waals surface area contributed by atoms with E-state index in [4.69, 9.17) is 16.3 Å². The van der Waals surface area contributed by atoms with Crippen LogP contribution in [0.25, 0.3) is 11.1 Å². The fourth-order valence-corrected chi connectivity index (χ4v) is 4.60. The highest BCUT2D eigenvalue weighted by Gasteiger charge is 2.28.